The second-order valence-electron chi connectivity index (χ2n) is 8.47. The number of aryl methyl sites for hydroxylation is 1. The fourth-order valence-electron chi connectivity index (χ4n) is 3.98. The number of aromatic nitrogens is 2. The van der Waals surface area contributed by atoms with Crippen molar-refractivity contribution in [3.63, 3.8) is 0 Å². The van der Waals surface area contributed by atoms with E-state index in [-0.39, 0.29) is 23.0 Å². The summed E-state index contributed by atoms with van der Waals surface area (Å²) in [4.78, 5) is 44.1. The van der Waals surface area contributed by atoms with Gasteiger partial charge in [0.2, 0.25) is 5.91 Å². The lowest BCUT2D eigenvalue weighted by Crippen LogP contribution is -2.23. The minimum absolute atomic E-state index is 0.00447. The van der Waals surface area contributed by atoms with Crippen LogP contribution in [0.5, 0.6) is 0 Å². The van der Waals surface area contributed by atoms with Crippen molar-refractivity contribution in [3.05, 3.63) is 130 Å². The third kappa shape index (κ3) is 5.22. The Labute approximate surface area is 218 Å². The number of ketones is 1. The summed E-state index contributed by atoms with van der Waals surface area (Å²) in [6.07, 6.45) is 0. The van der Waals surface area contributed by atoms with Gasteiger partial charge in [0.25, 0.3) is 5.56 Å². The molecule has 0 spiro atoms. The standard InChI is InChI=1S/C30H23N3O3S/c1-20-15-17-22(18-16-20)33-29(36)24-12-6-8-14-26(24)32-30(33)37-19-27(34)31-25-13-7-5-11-23(25)28(35)21-9-3-2-4-10-21/h2-18H,19H2,1H3,(H,31,34). The van der Waals surface area contributed by atoms with E-state index in [9.17, 15) is 14.4 Å². The van der Waals surface area contributed by atoms with E-state index in [1.54, 1.807) is 66.7 Å². The van der Waals surface area contributed by atoms with Gasteiger partial charge in [-0.15, -0.1) is 0 Å². The highest BCUT2D eigenvalue weighted by Crippen LogP contribution is 2.23. The highest BCUT2D eigenvalue weighted by Gasteiger charge is 2.17. The summed E-state index contributed by atoms with van der Waals surface area (Å²) in [6, 6.07) is 30.6. The molecule has 0 aliphatic carbocycles. The van der Waals surface area contributed by atoms with E-state index in [4.69, 9.17) is 4.98 Å². The van der Waals surface area contributed by atoms with E-state index in [0.29, 0.717) is 38.6 Å². The molecule has 7 heteroatoms. The number of carbonyl (C=O) groups is 2. The number of amides is 1. The third-order valence-electron chi connectivity index (χ3n) is 5.85. The van der Waals surface area contributed by atoms with Gasteiger partial charge in [0, 0.05) is 11.1 Å². The van der Waals surface area contributed by atoms with Gasteiger partial charge in [0.05, 0.1) is 28.0 Å². The van der Waals surface area contributed by atoms with Crippen molar-refractivity contribution in [3.8, 4) is 5.69 Å². The van der Waals surface area contributed by atoms with Crippen LogP contribution in [0.4, 0.5) is 5.69 Å². The molecule has 0 aliphatic rings. The first-order valence-electron chi connectivity index (χ1n) is 11.7. The van der Waals surface area contributed by atoms with Crippen LogP contribution in [0.15, 0.2) is 113 Å². The SMILES string of the molecule is Cc1ccc(-n2c(SCC(=O)Nc3ccccc3C(=O)c3ccccc3)nc3ccccc3c2=O)cc1. The first-order chi connectivity index (χ1) is 18.0. The first kappa shape index (κ1) is 24.2. The van der Waals surface area contributed by atoms with Crippen LogP contribution in [0.3, 0.4) is 0 Å². The van der Waals surface area contributed by atoms with Gasteiger partial charge in [-0.3, -0.25) is 19.0 Å². The van der Waals surface area contributed by atoms with Crippen molar-refractivity contribution in [2.45, 2.75) is 12.1 Å². The number of rotatable bonds is 7. The average molecular weight is 506 g/mol. The van der Waals surface area contributed by atoms with Gasteiger partial charge in [-0.1, -0.05) is 84.1 Å². The summed E-state index contributed by atoms with van der Waals surface area (Å²) >= 11 is 1.17. The van der Waals surface area contributed by atoms with Gasteiger partial charge in [-0.2, -0.15) is 0 Å². The largest absolute Gasteiger partial charge is 0.325 e. The van der Waals surface area contributed by atoms with Crippen molar-refractivity contribution in [1.82, 2.24) is 9.55 Å². The van der Waals surface area contributed by atoms with E-state index in [1.165, 1.54) is 16.3 Å². The maximum absolute atomic E-state index is 13.4. The molecule has 1 N–H and O–H groups in total. The minimum atomic E-state index is -0.309. The van der Waals surface area contributed by atoms with Crippen molar-refractivity contribution in [1.29, 1.82) is 0 Å². The number of para-hydroxylation sites is 2. The van der Waals surface area contributed by atoms with E-state index < -0.39 is 0 Å². The third-order valence-corrected chi connectivity index (χ3v) is 6.79. The van der Waals surface area contributed by atoms with Crippen LogP contribution in [0.1, 0.15) is 21.5 Å². The van der Waals surface area contributed by atoms with E-state index >= 15 is 0 Å². The number of hydrogen-bond acceptors (Lipinski definition) is 5. The van der Waals surface area contributed by atoms with E-state index in [1.807, 2.05) is 43.3 Å². The van der Waals surface area contributed by atoms with Gasteiger partial charge >= 0.3 is 0 Å². The maximum Gasteiger partial charge on any atom is 0.266 e. The first-order valence-corrected chi connectivity index (χ1v) is 12.7. The molecule has 0 aliphatic heterocycles. The molecule has 0 fully saturated rings. The molecule has 5 aromatic rings. The monoisotopic (exact) mass is 505 g/mol. The zero-order valence-corrected chi connectivity index (χ0v) is 20.9. The number of hydrogen-bond donors (Lipinski definition) is 1. The molecule has 1 amide bonds. The molecule has 5 rings (SSSR count). The van der Waals surface area contributed by atoms with Gasteiger partial charge in [0.15, 0.2) is 10.9 Å². The number of benzene rings is 4. The van der Waals surface area contributed by atoms with Crippen molar-refractivity contribution >= 4 is 40.0 Å². The van der Waals surface area contributed by atoms with E-state index in [2.05, 4.69) is 5.32 Å². The van der Waals surface area contributed by atoms with Crippen LogP contribution in [0, 0.1) is 6.92 Å². The molecule has 0 saturated heterocycles. The maximum atomic E-state index is 13.4. The Morgan fingerprint density at radius 1 is 0.838 bits per heavy atom. The Bertz CT molecular complexity index is 1660. The Morgan fingerprint density at radius 2 is 1.51 bits per heavy atom. The topological polar surface area (TPSA) is 81.1 Å². The lowest BCUT2D eigenvalue weighted by Gasteiger charge is -2.14. The molecule has 0 bridgehead atoms. The number of anilines is 1. The van der Waals surface area contributed by atoms with Crippen LogP contribution >= 0.6 is 11.8 Å². The Morgan fingerprint density at radius 3 is 2.30 bits per heavy atom. The van der Waals surface area contributed by atoms with Crippen molar-refractivity contribution in [2.24, 2.45) is 0 Å². The molecule has 1 heterocycles. The van der Waals surface area contributed by atoms with Crippen molar-refractivity contribution in [2.75, 3.05) is 11.1 Å². The number of thioether (sulfide) groups is 1. The molecule has 0 unspecified atom stereocenters. The summed E-state index contributed by atoms with van der Waals surface area (Å²) in [5, 5.41) is 3.77. The van der Waals surface area contributed by atoms with Gasteiger partial charge < -0.3 is 5.32 Å². The molecule has 4 aromatic carbocycles. The fourth-order valence-corrected chi connectivity index (χ4v) is 4.79. The Kier molecular flexibility index (Phi) is 6.96. The lowest BCUT2D eigenvalue weighted by molar-refractivity contribution is -0.113. The van der Waals surface area contributed by atoms with E-state index in [0.717, 1.165) is 5.56 Å². The molecule has 6 nitrogen and oxygen atoms in total. The predicted molar refractivity (Wildman–Crippen MR) is 148 cm³/mol. The van der Waals surface area contributed by atoms with Gasteiger partial charge in [0.1, 0.15) is 0 Å². The van der Waals surface area contributed by atoms with Gasteiger partial charge in [-0.05, 0) is 43.3 Å². The summed E-state index contributed by atoms with van der Waals surface area (Å²) in [6.45, 7) is 1.98. The van der Waals surface area contributed by atoms with Crippen molar-refractivity contribution < 1.29 is 9.59 Å². The molecule has 37 heavy (non-hydrogen) atoms. The van der Waals surface area contributed by atoms with Crippen LogP contribution in [-0.4, -0.2) is 27.0 Å². The second-order valence-corrected chi connectivity index (χ2v) is 9.41. The number of fused-ring (bicyclic) bond motifs is 1. The highest BCUT2D eigenvalue weighted by atomic mass is 32.2. The van der Waals surface area contributed by atoms with Crippen LogP contribution < -0.4 is 10.9 Å². The molecule has 0 saturated carbocycles. The minimum Gasteiger partial charge on any atom is -0.325 e. The second kappa shape index (κ2) is 10.6. The summed E-state index contributed by atoms with van der Waals surface area (Å²) in [5.41, 5.74) is 3.50. The fraction of sp³-hybridized carbons (Fsp3) is 0.0667. The lowest BCUT2D eigenvalue weighted by atomic mass is 10.0. The van der Waals surface area contributed by atoms with Crippen LogP contribution in [0.25, 0.3) is 16.6 Å². The number of carbonyl (C=O) groups excluding carboxylic acids is 2. The summed E-state index contributed by atoms with van der Waals surface area (Å²) < 4.78 is 1.53. The highest BCUT2D eigenvalue weighted by molar-refractivity contribution is 7.99. The summed E-state index contributed by atoms with van der Waals surface area (Å²) in [5.74, 6) is -0.477. The van der Waals surface area contributed by atoms with Crippen LogP contribution in [-0.2, 0) is 4.79 Å². The van der Waals surface area contributed by atoms with Crippen LogP contribution in [0.2, 0.25) is 0 Å². The van der Waals surface area contributed by atoms with Gasteiger partial charge in [-0.25, -0.2) is 4.98 Å². The molecular weight excluding hydrogens is 482 g/mol. The zero-order valence-electron chi connectivity index (χ0n) is 20.0. The number of nitrogens with zero attached hydrogens (tertiary/aromatic N) is 2. The Balaban J connectivity index is 1.42. The smallest absolute Gasteiger partial charge is 0.266 e. The average Bonchev–Trinajstić information content (AvgIpc) is 2.93. The quantitative estimate of drug-likeness (QED) is 0.175. The molecular formula is C30H23N3O3S. The summed E-state index contributed by atoms with van der Waals surface area (Å²) in [7, 11) is 0. The molecule has 0 atom stereocenters. The zero-order chi connectivity index (χ0) is 25.8. The molecule has 1 aromatic heterocycles. The number of nitrogens with one attached hydrogen (secondary N) is 1. The predicted octanol–water partition coefficient (Wildman–Crippen LogP) is 5.66. The molecule has 182 valence electrons. The Hall–Kier alpha value is -4.49. The normalized spacial score (nSPS) is 10.8. The molecule has 0 radical (unpaired) electrons.